The lowest BCUT2D eigenvalue weighted by molar-refractivity contribution is 0.0695. The molecule has 0 unspecified atom stereocenters. The molecule has 0 amide bonds. The zero-order valence-corrected chi connectivity index (χ0v) is 14.5. The smallest absolute Gasteiger partial charge is 0.341 e. The highest BCUT2D eigenvalue weighted by Gasteiger charge is 2.29. The summed E-state index contributed by atoms with van der Waals surface area (Å²) in [6.07, 6.45) is 4.29. The molecule has 0 atom stereocenters. The number of fused-ring (bicyclic) bond motifs is 2. The van der Waals surface area contributed by atoms with Crippen LogP contribution in [0.25, 0.3) is 10.9 Å². The number of nitrogens with one attached hydrogen (secondary N) is 1. The summed E-state index contributed by atoms with van der Waals surface area (Å²) in [6, 6.07) is 2.07. The Bertz CT molecular complexity index is 875. The lowest BCUT2D eigenvalue weighted by Gasteiger charge is -2.22. The van der Waals surface area contributed by atoms with Crippen molar-refractivity contribution in [2.75, 3.05) is 12.3 Å². The lowest BCUT2D eigenvalue weighted by atomic mass is 9.95. The minimum atomic E-state index is -1.18. The maximum atomic E-state index is 12.5. The Morgan fingerprint density at radius 2 is 2.04 bits per heavy atom. The number of nitrogens with two attached hydrogens (primary N) is 1. The van der Waals surface area contributed by atoms with Gasteiger partial charge in [0.05, 0.1) is 11.2 Å². The molecule has 130 valence electrons. The van der Waals surface area contributed by atoms with Gasteiger partial charge in [0.25, 0.3) is 0 Å². The van der Waals surface area contributed by atoms with E-state index in [1.165, 1.54) is 6.20 Å². The van der Waals surface area contributed by atoms with Crippen LogP contribution in [0.15, 0.2) is 17.1 Å². The summed E-state index contributed by atoms with van der Waals surface area (Å²) in [5, 5.41) is 13.0. The molecule has 6 nitrogen and oxygen atoms in total. The van der Waals surface area contributed by atoms with Crippen LogP contribution in [0.2, 0.25) is 0 Å². The van der Waals surface area contributed by atoms with Crippen molar-refractivity contribution in [2.24, 2.45) is 0 Å². The lowest BCUT2D eigenvalue weighted by Crippen LogP contribution is -2.26. The largest absolute Gasteiger partial charge is 0.477 e. The van der Waals surface area contributed by atoms with Gasteiger partial charge in [-0.2, -0.15) is 0 Å². The average molecular weight is 372 g/mol. The molecule has 2 aromatic rings. The van der Waals surface area contributed by atoms with Gasteiger partial charge in [-0.3, -0.25) is 4.79 Å². The van der Waals surface area contributed by atoms with Crippen molar-refractivity contribution in [3.8, 4) is 0 Å². The third kappa shape index (κ3) is 2.75. The molecule has 1 aliphatic heterocycles. The van der Waals surface area contributed by atoms with E-state index in [9.17, 15) is 14.7 Å². The van der Waals surface area contributed by atoms with E-state index in [2.05, 4.69) is 5.32 Å². The van der Waals surface area contributed by atoms with Crippen molar-refractivity contribution >= 4 is 47.4 Å². The number of carbonyl (C=O) groups is 1. The Kier molecular flexibility index (Phi) is 5.13. The summed E-state index contributed by atoms with van der Waals surface area (Å²) in [7, 11) is 0. The molecule has 0 saturated heterocycles. The van der Waals surface area contributed by atoms with Gasteiger partial charge >= 0.3 is 5.97 Å². The predicted octanol–water partition coefficient (Wildman–Crippen LogP) is 2.11. The number of aromatic nitrogens is 1. The van der Waals surface area contributed by atoms with E-state index in [-0.39, 0.29) is 36.4 Å². The van der Waals surface area contributed by atoms with Gasteiger partial charge in [-0.25, -0.2) is 4.79 Å². The van der Waals surface area contributed by atoms with Crippen molar-refractivity contribution in [1.29, 1.82) is 0 Å². The van der Waals surface area contributed by atoms with Gasteiger partial charge in [0, 0.05) is 24.2 Å². The second-order valence-corrected chi connectivity index (χ2v) is 6.07. The number of carboxylic acids is 1. The molecule has 1 saturated carbocycles. The van der Waals surface area contributed by atoms with E-state index >= 15 is 0 Å². The molecule has 1 aromatic heterocycles. The molecule has 0 radical (unpaired) electrons. The zero-order chi connectivity index (χ0) is 15.4. The topological polar surface area (TPSA) is 97.3 Å². The van der Waals surface area contributed by atoms with Gasteiger partial charge in [-0.05, 0) is 43.0 Å². The second kappa shape index (κ2) is 6.63. The normalized spacial score (nSPS) is 16.0. The van der Waals surface area contributed by atoms with Gasteiger partial charge in [-0.15, -0.1) is 24.8 Å². The zero-order valence-electron chi connectivity index (χ0n) is 12.9. The van der Waals surface area contributed by atoms with Gasteiger partial charge in [0.1, 0.15) is 5.56 Å². The van der Waals surface area contributed by atoms with E-state index in [1.54, 1.807) is 0 Å². The maximum Gasteiger partial charge on any atom is 0.341 e. The summed E-state index contributed by atoms with van der Waals surface area (Å²) in [5.74, 6) is -1.18. The Hall–Kier alpha value is -1.76. The first-order valence-electron chi connectivity index (χ1n) is 7.51. The number of benzene rings is 1. The number of rotatable bonds is 2. The van der Waals surface area contributed by atoms with Crippen LogP contribution < -0.4 is 16.5 Å². The van der Waals surface area contributed by atoms with Crippen LogP contribution in [0.4, 0.5) is 5.69 Å². The van der Waals surface area contributed by atoms with E-state index in [0.29, 0.717) is 23.1 Å². The number of hydrogen-bond acceptors (Lipinski definition) is 4. The van der Waals surface area contributed by atoms with Crippen molar-refractivity contribution in [2.45, 2.75) is 31.8 Å². The molecule has 2 heterocycles. The molecule has 4 rings (SSSR count). The number of anilines is 1. The predicted molar refractivity (Wildman–Crippen MR) is 97.8 cm³/mol. The highest BCUT2D eigenvalue weighted by atomic mass is 35.5. The molecule has 0 bridgehead atoms. The molecule has 1 fully saturated rings. The number of pyridine rings is 1. The Labute approximate surface area is 150 Å². The fraction of sp³-hybridized carbons (Fsp3) is 0.375. The minimum absolute atomic E-state index is 0. The number of nitrogens with zero attached hydrogens (tertiary/aromatic N) is 1. The quantitative estimate of drug-likeness (QED) is 0.702. The van der Waals surface area contributed by atoms with Crippen molar-refractivity contribution in [3.63, 3.8) is 0 Å². The van der Waals surface area contributed by atoms with Crippen molar-refractivity contribution in [1.82, 2.24) is 9.88 Å². The van der Waals surface area contributed by atoms with Crippen LogP contribution in [-0.4, -0.2) is 22.2 Å². The summed E-state index contributed by atoms with van der Waals surface area (Å²) in [6.45, 7) is 1.53. The monoisotopic (exact) mass is 371 g/mol. The Balaban J connectivity index is 0.00000104. The molecule has 2 aliphatic rings. The van der Waals surface area contributed by atoms with Crippen LogP contribution in [-0.2, 0) is 13.0 Å². The van der Waals surface area contributed by atoms with Crippen molar-refractivity contribution < 1.29 is 9.90 Å². The first-order valence-corrected chi connectivity index (χ1v) is 7.51. The van der Waals surface area contributed by atoms with Crippen LogP contribution in [0, 0.1) is 0 Å². The third-order valence-electron chi connectivity index (χ3n) is 4.60. The maximum absolute atomic E-state index is 12.5. The highest BCUT2D eigenvalue weighted by Crippen LogP contribution is 2.39. The van der Waals surface area contributed by atoms with Gasteiger partial charge < -0.3 is 20.7 Å². The molecular weight excluding hydrogens is 353 g/mol. The molecule has 1 aliphatic carbocycles. The van der Waals surface area contributed by atoms with E-state index < -0.39 is 11.4 Å². The first kappa shape index (κ1) is 18.6. The van der Waals surface area contributed by atoms with Crippen LogP contribution in [0.1, 0.15) is 40.4 Å². The van der Waals surface area contributed by atoms with Crippen molar-refractivity contribution in [3.05, 3.63) is 39.2 Å². The standard InChI is InChI=1S/C16H17N3O3.2ClH/c17-13-10-3-4-18-6-8(10)5-11-14(13)19(9-1-2-9)7-12(15(11)20)16(21)22;;/h5,7,9,18H,1-4,6,17H2,(H,21,22);2*1H. The number of hydrogen-bond donors (Lipinski definition) is 3. The first-order chi connectivity index (χ1) is 10.6. The Morgan fingerprint density at radius 1 is 1.33 bits per heavy atom. The van der Waals surface area contributed by atoms with Gasteiger partial charge in [-0.1, -0.05) is 0 Å². The molecule has 0 spiro atoms. The summed E-state index contributed by atoms with van der Waals surface area (Å²) in [4.78, 5) is 23.9. The number of halogens is 2. The molecular formula is C16H19Cl2N3O3. The second-order valence-electron chi connectivity index (χ2n) is 6.07. The minimum Gasteiger partial charge on any atom is -0.477 e. The molecule has 4 N–H and O–H groups in total. The molecule has 1 aromatic carbocycles. The van der Waals surface area contributed by atoms with Crippen LogP contribution >= 0.6 is 24.8 Å². The third-order valence-corrected chi connectivity index (χ3v) is 4.60. The fourth-order valence-electron chi connectivity index (χ4n) is 3.33. The SMILES string of the molecule is Cl.Cl.Nc1c2c(cc3c(=O)c(C(=O)O)cn(C4CC4)c13)CNCC2. The van der Waals surface area contributed by atoms with Crippen LogP contribution in [0.3, 0.4) is 0 Å². The highest BCUT2D eigenvalue weighted by molar-refractivity contribution is 5.98. The van der Waals surface area contributed by atoms with E-state index in [1.807, 2.05) is 10.6 Å². The average Bonchev–Trinajstić information content (AvgIpc) is 3.33. The molecule has 8 heteroatoms. The Morgan fingerprint density at radius 3 is 2.67 bits per heavy atom. The number of aromatic carboxylic acids is 1. The van der Waals surface area contributed by atoms with Gasteiger partial charge in [0.2, 0.25) is 5.43 Å². The van der Waals surface area contributed by atoms with E-state index in [4.69, 9.17) is 5.73 Å². The summed E-state index contributed by atoms with van der Waals surface area (Å²) >= 11 is 0. The van der Waals surface area contributed by atoms with Gasteiger partial charge in [0.15, 0.2) is 0 Å². The number of carboxylic acid groups (broad SMARTS) is 1. The number of nitrogen functional groups attached to an aromatic ring is 1. The van der Waals surface area contributed by atoms with Crippen LogP contribution in [0.5, 0.6) is 0 Å². The fourth-order valence-corrected chi connectivity index (χ4v) is 3.33. The molecule has 24 heavy (non-hydrogen) atoms. The summed E-state index contributed by atoms with van der Waals surface area (Å²) in [5.41, 5.74) is 9.17. The summed E-state index contributed by atoms with van der Waals surface area (Å²) < 4.78 is 1.90. The van der Waals surface area contributed by atoms with E-state index in [0.717, 1.165) is 36.9 Å².